The highest BCUT2D eigenvalue weighted by Gasteiger charge is 2.15. The Bertz CT molecular complexity index is 184. The lowest BCUT2D eigenvalue weighted by atomic mass is 9.84. The van der Waals surface area contributed by atoms with Crippen LogP contribution < -0.4 is 5.32 Å². The maximum absolute atomic E-state index is 3.79. The minimum Gasteiger partial charge on any atom is -0.314 e. The molecule has 114 valence electrons. The third kappa shape index (κ3) is 8.68. The lowest BCUT2D eigenvalue weighted by Gasteiger charge is -2.25. The lowest BCUT2D eigenvalue weighted by molar-refractivity contribution is 0.306. The molecule has 0 heterocycles. The summed E-state index contributed by atoms with van der Waals surface area (Å²) < 4.78 is 0. The highest BCUT2D eigenvalue weighted by molar-refractivity contribution is 4.72. The molecule has 1 atom stereocenters. The van der Waals surface area contributed by atoms with Crippen molar-refractivity contribution in [2.45, 2.75) is 103 Å². The van der Waals surface area contributed by atoms with Crippen molar-refractivity contribution in [2.24, 2.45) is 5.92 Å². The quantitative estimate of drug-likeness (QED) is 0.474. The summed E-state index contributed by atoms with van der Waals surface area (Å²) in [7, 11) is 0. The van der Waals surface area contributed by atoms with Crippen molar-refractivity contribution in [3.05, 3.63) is 0 Å². The van der Waals surface area contributed by atoms with Gasteiger partial charge in [0, 0.05) is 6.04 Å². The summed E-state index contributed by atoms with van der Waals surface area (Å²) in [6.07, 6.45) is 18.7. The van der Waals surface area contributed by atoms with Crippen LogP contribution in [-0.4, -0.2) is 12.6 Å². The average Bonchev–Trinajstić information content (AvgIpc) is 2.46. The van der Waals surface area contributed by atoms with Crippen molar-refractivity contribution in [3.8, 4) is 0 Å². The van der Waals surface area contributed by atoms with Gasteiger partial charge in [0.15, 0.2) is 0 Å². The van der Waals surface area contributed by atoms with E-state index >= 15 is 0 Å². The monoisotopic (exact) mass is 267 g/mol. The van der Waals surface area contributed by atoms with Crippen LogP contribution in [0.3, 0.4) is 0 Å². The maximum Gasteiger partial charge on any atom is 0.00671 e. The molecule has 0 spiro atoms. The largest absolute Gasteiger partial charge is 0.314 e. The van der Waals surface area contributed by atoms with Crippen LogP contribution >= 0.6 is 0 Å². The predicted octanol–water partition coefficient (Wildman–Crippen LogP) is 5.69. The van der Waals surface area contributed by atoms with Crippen LogP contribution in [0.15, 0.2) is 0 Å². The van der Waals surface area contributed by atoms with E-state index in [0.29, 0.717) is 0 Å². The standard InChI is InChI=1S/C18H37N/c1-3-5-6-10-13-18(19-16-4-2)15-14-17-11-8-7-9-12-17/h17-19H,3-16H2,1-2H3. The van der Waals surface area contributed by atoms with Crippen molar-refractivity contribution in [3.63, 3.8) is 0 Å². The molecule has 1 nitrogen and oxygen atoms in total. The van der Waals surface area contributed by atoms with E-state index < -0.39 is 0 Å². The summed E-state index contributed by atoms with van der Waals surface area (Å²) in [6, 6.07) is 0.804. The SMILES string of the molecule is CCCCCCC(CCC1CCCCC1)NCCC. The third-order valence-electron chi connectivity index (χ3n) is 4.74. The van der Waals surface area contributed by atoms with Gasteiger partial charge in [-0.3, -0.25) is 0 Å². The van der Waals surface area contributed by atoms with Crippen molar-refractivity contribution in [2.75, 3.05) is 6.54 Å². The van der Waals surface area contributed by atoms with Gasteiger partial charge in [0.2, 0.25) is 0 Å². The number of hydrogen-bond donors (Lipinski definition) is 1. The van der Waals surface area contributed by atoms with Crippen LogP contribution in [0.2, 0.25) is 0 Å². The molecule has 1 heteroatoms. The zero-order valence-corrected chi connectivity index (χ0v) is 13.6. The fourth-order valence-electron chi connectivity index (χ4n) is 3.43. The number of rotatable bonds is 11. The number of unbranched alkanes of at least 4 members (excludes halogenated alkanes) is 3. The van der Waals surface area contributed by atoms with Crippen LogP contribution in [0.4, 0.5) is 0 Å². The summed E-state index contributed by atoms with van der Waals surface area (Å²) >= 11 is 0. The molecule has 0 aromatic rings. The summed E-state index contributed by atoms with van der Waals surface area (Å²) in [5, 5.41) is 3.79. The molecular weight excluding hydrogens is 230 g/mol. The Hall–Kier alpha value is -0.0400. The molecule has 0 aromatic heterocycles. The second-order valence-corrected chi connectivity index (χ2v) is 6.58. The maximum atomic E-state index is 3.79. The minimum atomic E-state index is 0.804. The molecule has 1 saturated carbocycles. The molecule has 0 aromatic carbocycles. The second-order valence-electron chi connectivity index (χ2n) is 6.58. The van der Waals surface area contributed by atoms with E-state index in [0.717, 1.165) is 12.0 Å². The van der Waals surface area contributed by atoms with Crippen molar-refractivity contribution >= 4 is 0 Å². The molecule has 0 amide bonds. The molecule has 0 saturated heterocycles. The first-order valence-electron chi connectivity index (χ1n) is 9.10. The molecule has 0 bridgehead atoms. The second kappa shape index (κ2) is 11.8. The summed E-state index contributed by atoms with van der Waals surface area (Å²) in [5.41, 5.74) is 0. The Morgan fingerprint density at radius 3 is 2.37 bits per heavy atom. The van der Waals surface area contributed by atoms with E-state index in [4.69, 9.17) is 0 Å². The first-order valence-corrected chi connectivity index (χ1v) is 9.10. The van der Waals surface area contributed by atoms with Gasteiger partial charge in [0.1, 0.15) is 0 Å². The fourth-order valence-corrected chi connectivity index (χ4v) is 3.43. The highest BCUT2D eigenvalue weighted by atomic mass is 14.9. The van der Waals surface area contributed by atoms with Gasteiger partial charge in [-0.05, 0) is 38.1 Å². The summed E-state index contributed by atoms with van der Waals surface area (Å²) in [6.45, 7) is 5.79. The number of nitrogens with one attached hydrogen (secondary N) is 1. The highest BCUT2D eigenvalue weighted by Crippen LogP contribution is 2.28. The zero-order valence-electron chi connectivity index (χ0n) is 13.6. The molecule has 1 unspecified atom stereocenters. The van der Waals surface area contributed by atoms with Gasteiger partial charge in [0.05, 0.1) is 0 Å². The van der Waals surface area contributed by atoms with Crippen LogP contribution in [-0.2, 0) is 0 Å². The van der Waals surface area contributed by atoms with E-state index in [1.165, 1.54) is 90.0 Å². The van der Waals surface area contributed by atoms with Gasteiger partial charge in [-0.15, -0.1) is 0 Å². The molecule has 1 fully saturated rings. The van der Waals surface area contributed by atoms with Crippen LogP contribution in [0, 0.1) is 5.92 Å². The summed E-state index contributed by atoms with van der Waals surface area (Å²) in [5.74, 6) is 1.05. The van der Waals surface area contributed by atoms with E-state index in [1.807, 2.05) is 0 Å². The van der Waals surface area contributed by atoms with Gasteiger partial charge >= 0.3 is 0 Å². The van der Waals surface area contributed by atoms with Gasteiger partial charge in [-0.1, -0.05) is 71.6 Å². The molecule has 1 aliphatic rings. The zero-order chi connectivity index (χ0) is 13.8. The first-order chi connectivity index (χ1) is 9.36. The molecule has 0 radical (unpaired) electrons. The molecular formula is C18H37N. The Labute approximate surface area is 121 Å². The molecule has 0 aliphatic heterocycles. The molecule has 1 rings (SSSR count). The van der Waals surface area contributed by atoms with Crippen molar-refractivity contribution in [1.29, 1.82) is 0 Å². The van der Waals surface area contributed by atoms with Gasteiger partial charge in [-0.25, -0.2) is 0 Å². The smallest absolute Gasteiger partial charge is 0.00671 e. The molecule has 1 aliphatic carbocycles. The van der Waals surface area contributed by atoms with E-state index in [2.05, 4.69) is 19.2 Å². The number of hydrogen-bond acceptors (Lipinski definition) is 1. The third-order valence-corrected chi connectivity index (χ3v) is 4.74. The van der Waals surface area contributed by atoms with Crippen LogP contribution in [0.5, 0.6) is 0 Å². The molecule has 19 heavy (non-hydrogen) atoms. The Balaban J connectivity index is 2.15. The van der Waals surface area contributed by atoms with Crippen LogP contribution in [0.1, 0.15) is 97.3 Å². The van der Waals surface area contributed by atoms with E-state index in [1.54, 1.807) is 0 Å². The predicted molar refractivity (Wildman–Crippen MR) is 86.6 cm³/mol. The topological polar surface area (TPSA) is 12.0 Å². The Morgan fingerprint density at radius 2 is 1.68 bits per heavy atom. The minimum absolute atomic E-state index is 0.804. The summed E-state index contributed by atoms with van der Waals surface area (Å²) in [4.78, 5) is 0. The normalized spacial score (nSPS) is 18.6. The van der Waals surface area contributed by atoms with E-state index in [-0.39, 0.29) is 0 Å². The van der Waals surface area contributed by atoms with Gasteiger partial charge in [-0.2, -0.15) is 0 Å². The lowest BCUT2D eigenvalue weighted by Crippen LogP contribution is -2.30. The Kier molecular flexibility index (Phi) is 10.5. The Morgan fingerprint density at radius 1 is 0.895 bits per heavy atom. The average molecular weight is 268 g/mol. The van der Waals surface area contributed by atoms with Crippen molar-refractivity contribution < 1.29 is 0 Å². The van der Waals surface area contributed by atoms with Crippen molar-refractivity contribution in [1.82, 2.24) is 5.32 Å². The van der Waals surface area contributed by atoms with Gasteiger partial charge < -0.3 is 5.32 Å². The first kappa shape index (κ1) is 17.0. The van der Waals surface area contributed by atoms with Crippen LogP contribution in [0.25, 0.3) is 0 Å². The fraction of sp³-hybridized carbons (Fsp3) is 1.00. The van der Waals surface area contributed by atoms with E-state index in [9.17, 15) is 0 Å². The molecule has 1 N–H and O–H groups in total. The van der Waals surface area contributed by atoms with Gasteiger partial charge in [0.25, 0.3) is 0 Å².